The van der Waals surface area contributed by atoms with Crippen molar-refractivity contribution in [2.45, 2.75) is 13.0 Å². The third-order valence-electron chi connectivity index (χ3n) is 3.59. The molecule has 1 aromatic heterocycles. The average Bonchev–Trinajstić information content (AvgIpc) is 2.97. The standard InChI is InChI=1S/C19H16Cl2N2O2S/c1-2-11-23-18-15(9-8-14(20)17(18)21)26-19(23)22-16(24)10-12-25-13-6-4-3-5-7-13/h2-9H,1,10-12H2. The quantitative estimate of drug-likeness (QED) is 0.534. The highest BCUT2D eigenvalue weighted by molar-refractivity contribution is 7.16. The molecule has 7 heteroatoms. The van der Waals surface area contributed by atoms with Crippen LogP contribution in [-0.4, -0.2) is 17.1 Å². The number of hydrogen-bond donors (Lipinski definition) is 0. The van der Waals surface area contributed by atoms with E-state index < -0.39 is 0 Å². The zero-order chi connectivity index (χ0) is 18.5. The highest BCUT2D eigenvalue weighted by atomic mass is 35.5. The number of rotatable bonds is 6. The molecule has 0 saturated carbocycles. The summed E-state index contributed by atoms with van der Waals surface area (Å²) in [5, 5.41) is 0.910. The number of amides is 1. The molecule has 4 nitrogen and oxygen atoms in total. The Kier molecular flexibility index (Phi) is 6.14. The van der Waals surface area contributed by atoms with Gasteiger partial charge in [-0.3, -0.25) is 4.79 Å². The number of nitrogens with zero attached hydrogens (tertiary/aromatic N) is 2. The second-order valence-corrected chi connectivity index (χ2v) is 7.20. The fourth-order valence-electron chi connectivity index (χ4n) is 2.42. The summed E-state index contributed by atoms with van der Waals surface area (Å²) in [5.74, 6) is 0.470. The van der Waals surface area contributed by atoms with Crippen LogP contribution in [0, 0.1) is 0 Å². The number of fused-ring (bicyclic) bond motifs is 1. The zero-order valence-corrected chi connectivity index (χ0v) is 16.2. The van der Waals surface area contributed by atoms with E-state index in [1.54, 1.807) is 12.1 Å². The second-order valence-electron chi connectivity index (χ2n) is 5.41. The molecule has 1 heterocycles. The number of allylic oxidation sites excluding steroid dienone is 1. The first-order valence-electron chi connectivity index (χ1n) is 7.94. The van der Waals surface area contributed by atoms with E-state index in [0.717, 1.165) is 16.0 Å². The van der Waals surface area contributed by atoms with Crippen LogP contribution in [0.1, 0.15) is 6.42 Å². The Balaban J connectivity index is 1.84. The molecule has 0 bridgehead atoms. The van der Waals surface area contributed by atoms with E-state index in [9.17, 15) is 4.79 Å². The molecule has 0 N–H and O–H groups in total. The smallest absolute Gasteiger partial charge is 0.251 e. The van der Waals surface area contributed by atoms with Gasteiger partial charge in [-0.25, -0.2) is 0 Å². The fourth-order valence-corrected chi connectivity index (χ4v) is 3.96. The van der Waals surface area contributed by atoms with E-state index in [-0.39, 0.29) is 18.9 Å². The molecule has 0 atom stereocenters. The van der Waals surface area contributed by atoms with Crippen LogP contribution in [0.5, 0.6) is 5.75 Å². The van der Waals surface area contributed by atoms with Gasteiger partial charge in [-0.15, -0.1) is 6.58 Å². The Morgan fingerprint density at radius 3 is 2.73 bits per heavy atom. The highest BCUT2D eigenvalue weighted by Crippen LogP contribution is 2.32. The van der Waals surface area contributed by atoms with Crippen LogP contribution < -0.4 is 9.54 Å². The summed E-state index contributed by atoms with van der Waals surface area (Å²) >= 11 is 13.9. The highest BCUT2D eigenvalue weighted by Gasteiger charge is 2.12. The summed E-state index contributed by atoms with van der Waals surface area (Å²) in [4.78, 5) is 17.0. The molecule has 0 unspecified atom stereocenters. The van der Waals surface area contributed by atoms with E-state index in [2.05, 4.69) is 11.6 Å². The lowest BCUT2D eigenvalue weighted by molar-refractivity contribution is -0.118. The van der Waals surface area contributed by atoms with Gasteiger partial charge in [-0.2, -0.15) is 4.99 Å². The van der Waals surface area contributed by atoms with Crippen molar-refractivity contribution >= 4 is 50.7 Å². The van der Waals surface area contributed by atoms with E-state index in [4.69, 9.17) is 27.9 Å². The number of aromatic nitrogens is 1. The number of thiazole rings is 1. The minimum Gasteiger partial charge on any atom is -0.493 e. The van der Waals surface area contributed by atoms with Gasteiger partial charge in [0.15, 0.2) is 4.80 Å². The van der Waals surface area contributed by atoms with Gasteiger partial charge in [-0.05, 0) is 24.3 Å². The molecular formula is C19H16Cl2N2O2S. The maximum Gasteiger partial charge on any atom is 0.251 e. The van der Waals surface area contributed by atoms with Crippen LogP contribution in [0.4, 0.5) is 0 Å². The minimum atomic E-state index is -0.257. The van der Waals surface area contributed by atoms with Crippen molar-refractivity contribution in [1.29, 1.82) is 0 Å². The van der Waals surface area contributed by atoms with E-state index in [1.165, 1.54) is 11.3 Å². The van der Waals surface area contributed by atoms with Gasteiger partial charge in [0.05, 0.1) is 33.3 Å². The number of para-hydroxylation sites is 1. The van der Waals surface area contributed by atoms with Gasteiger partial charge < -0.3 is 9.30 Å². The fraction of sp³-hybridized carbons (Fsp3) is 0.158. The monoisotopic (exact) mass is 406 g/mol. The van der Waals surface area contributed by atoms with Gasteiger partial charge >= 0.3 is 0 Å². The molecule has 3 rings (SSSR count). The Bertz CT molecular complexity index is 1010. The minimum absolute atomic E-state index is 0.186. The molecule has 134 valence electrons. The van der Waals surface area contributed by atoms with Crippen LogP contribution >= 0.6 is 34.5 Å². The Morgan fingerprint density at radius 1 is 1.23 bits per heavy atom. The largest absolute Gasteiger partial charge is 0.493 e. The first-order chi connectivity index (χ1) is 12.6. The van der Waals surface area contributed by atoms with Gasteiger partial charge in [-0.1, -0.05) is 58.8 Å². The lowest BCUT2D eigenvalue weighted by Gasteiger charge is -2.04. The number of halogens is 2. The van der Waals surface area contributed by atoms with Crippen LogP contribution in [0.3, 0.4) is 0 Å². The van der Waals surface area contributed by atoms with E-state index in [1.807, 2.05) is 41.0 Å². The summed E-state index contributed by atoms with van der Waals surface area (Å²) in [6.45, 7) is 4.51. The first kappa shape index (κ1) is 18.7. The molecule has 0 aliphatic heterocycles. The predicted molar refractivity (Wildman–Crippen MR) is 107 cm³/mol. The maximum atomic E-state index is 12.2. The second kappa shape index (κ2) is 8.54. The SMILES string of the molecule is C=CCn1c(=NC(=O)CCOc2ccccc2)sc2ccc(Cl)c(Cl)c21. The molecule has 0 radical (unpaired) electrons. The van der Waals surface area contributed by atoms with Crippen LogP contribution in [0.25, 0.3) is 10.2 Å². The first-order valence-corrected chi connectivity index (χ1v) is 9.51. The van der Waals surface area contributed by atoms with Gasteiger partial charge in [0.1, 0.15) is 5.75 Å². The summed E-state index contributed by atoms with van der Waals surface area (Å²) < 4.78 is 8.30. The summed E-state index contributed by atoms with van der Waals surface area (Å²) in [7, 11) is 0. The lowest BCUT2D eigenvalue weighted by Crippen LogP contribution is -2.17. The topological polar surface area (TPSA) is 43.6 Å². The molecule has 26 heavy (non-hydrogen) atoms. The van der Waals surface area contributed by atoms with Gasteiger partial charge in [0.2, 0.25) is 0 Å². The lowest BCUT2D eigenvalue weighted by atomic mass is 10.3. The normalized spacial score (nSPS) is 11.7. The number of hydrogen-bond acceptors (Lipinski definition) is 3. The van der Waals surface area contributed by atoms with Crippen molar-refractivity contribution in [3.63, 3.8) is 0 Å². The van der Waals surface area contributed by atoms with Crippen LogP contribution in [-0.2, 0) is 11.3 Å². The third kappa shape index (κ3) is 4.18. The molecule has 0 fully saturated rings. The van der Waals surface area contributed by atoms with Crippen molar-refractivity contribution in [3.05, 3.63) is 70.0 Å². The summed E-state index contributed by atoms with van der Waals surface area (Å²) in [6, 6.07) is 13.0. The summed E-state index contributed by atoms with van der Waals surface area (Å²) in [6.07, 6.45) is 1.91. The molecular weight excluding hydrogens is 391 g/mol. The maximum absolute atomic E-state index is 12.2. The van der Waals surface area contributed by atoms with Crippen molar-refractivity contribution < 1.29 is 9.53 Å². The summed E-state index contributed by atoms with van der Waals surface area (Å²) in [5.41, 5.74) is 0.760. The van der Waals surface area contributed by atoms with Crippen molar-refractivity contribution in [2.75, 3.05) is 6.61 Å². The number of carbonyl (C=O) groups is 1. The predicted octanol–water partition coefficient (Wildman–Crippen LogP) is 5.09. The Labute approximate surface area is 165 Å². The van der Waals surface area contributed by atoms with Gasteiger partial charge in [0, 0.05) is 6.54 Å². The molecule has 0 aliphatic rings. The van der Waals surface area contributed by atoms with Gasteiger partial charge in [0.25, 0.3) is 5.91 Å². The molecule has 2 aromatic carbocycles. The van der Waals surface area contributed by atoms with Crippen LogP contribution in [0.15, 0.2) is 60.1 Å². The molecule has 0 spiro atoms. The number of benzene rings is 2. The van der Waals surface area contributed by atoms with E-state index >= 15 is 0 Å². The molecule has 0 saturated heterocycles. The Morgan fingerprint density at radius 2 is 2.00 bits per heavy atom. The molecule has 0 aliphatic carbocycles. The van der Waals surface area contributed by atoms with Crippen molar-refractivity contribution in [3.8, 4) is 5.75 Å². The number of carbonyl (C=O) groups excluding carboxylic acids is 1. The van der Waals surface area contributed by atoms with E-state index in [0.29, 0.717) is 21.4 Å². The third-order valence-corrected chi connectivity index (χ3v) is 5.43. The van der Waals surface area contributed by atoms with Crippen molar-refractivity contribution in [2.24, 2.45) is 4.99 Å². The Hall–Kier alpha value is -2.08. The van der Waals surface area contributed by atoms with Crippen LogP contribution in [0.2, 0.25) is 10.0 Å². The zero-order valence-electron chi connectivity index (χ0n) is 13.8. The van der Waals surface area contributed by atoms with Crippen molar-refractivity contribution in [1.82, 2.24) is 4.57 Å². The average molecular weight is 407 g/mol. The molecule has 1 amide bonds. The number of ether oxygens (including phenoxy) is 1. The molecule has 3 aromatic rings.